The lowest BCUT2D eigenvalue weighted by atomic mass is 10.0. The summed E-state index contributed by atoms with van der Waals surface area (Å²) in [4.78, 5) is 6.91. The van der Waals surface area contributed by atoms with Gasteiger partial charge in [0.1, 0.15) is 12.4 Å². The van der Waals surface area contributed by atoms with E-state index >= 15 is 0 Å². The molecule has 1 aromatic carbocycles. The third-order valence-corrected chi connectivity index (χ3v) is 4.66. The van der Waals surface area contributed by atoms with Gasteiger partial charge < -0.3 is 15.4 Å². The highest BCUT2D eigenvalue weighted by molar-refractivity contribution is 5.79. The van der Waals surface area contributed by atoms with E-state index < -0.39 is 0 Å². The molecule has 25 heavy (non-hydrogen) atoms. The first kappa shape index (κ1) is 19.3. The Morgan fingerprint density at radius 2 is 2.20 bits per heavy atom. The van der Waals surface area contributed by atoms with Crippen LogP contribution in [-0.4, -0.2) is 50.2 Å². The summed E-state index contributed by atoms with van der Waals surface area (Å²) in [5.74, 6) is 1.72. The molecule has 2 N–H and O–H groups in total. The van der Waals surface area contributed by atoms with Gasteiger partial charge in [0.05, 0.1) is 0 Å². The number of likely N-dealkylation sites (tertiary alicyclic amines) is 1. The first-order valence-corrected chi connectivity index (χ1v) is 9.28. The summed E-state index contributed by atoms with van der Waals surface area (Å²) in [6.07, 6.45) is 5.66. The summed E-state index contributed by atoms with van der Waals surface area (Å²) < 4.78 is 5.71. The van der Waals surface area contributed by atoms with Crippen molar-refractivity contribution in [2.24, 2.45) is 4.99 Å². The molecule has 1 unspecified atom stereocenters. The Morgan fingerprint density at radius 1 is 1.36 bits per heavy atom. The van der Waals surface area contributed by atoms with E-state index in [1.165, 1.54) is 25.8 Å². The van der Waals surface area contributed by atoms with Crippen molar-refractivity contribution in [3.8, 4) is 5.75 Å². The number of ether oxygens (including phenoxy) is 1. The molecule has 0 aliphatic carbocycles. The topological polar surface area (TPSA) is 48.9 Å². The molecule has 1 fully saturated rings. The molecule has 138 valence electrons. The van der Waals surface area contributed by atoms with Gasteiger partial charge in [-0.3, -0.25) is 9.89 Å². The van der Waals surface area contributed by atoms with Crippen LogP contribution in [0.25, 0.3) is 0 Å². The molecule has 1 heterocycles. The SMILES string of the molecule is C=CCOc1ccccc1CNC(=NC)NCC1CCCCN1CC. The Bertz CT molecular complexity index is 558. The fraction of sp³-hybridized carbons (Fsp3) is 0.550. The predicted molar refractivity (Wildman–Crippen MR) is 105 cm³/mol. The van der Waals surface area contributed by atoms with Gasteiger partial charge in [-0.15, -0.1) is 0 Å². The zero-order chi connectivity index (χ0) is 17.9. The van der Waals surface area contributed by atoms with Crippen LogP contribution < -0.4 is 15.4 Å². The maximum absolute atomic E-state index is 5.71. The second-order valence-corrected chi connectivity index (χ2v) is 6.29. The predicted octanol–water partition coefficient (Wildman–Crippen LogP) is 2.79. The van der Waals surface area contributed by atoms with Crippen molar-refractivity contribution in [1.29, 1.82) is 0 Å². The molecule has 2 rings (SSSR count). The van der Waals surface area contributed by atoms with Crippen molar-refractivity contribution in [1.82, 2.24) is 15.5 Å². The molecule has 1 saturated heterocycles. The molecule has 1 aliphatic heterocycles. The van der Waals surface area contributed by atoms with Crippen LogP contribution in [0.3, 0.4) is 0 Å². The van der Waals surface area contributed by atoms with Gasteiger partial charge in [0, 0.05) is 31.7 Å². The summed E-state index contributed by atoms with van der Waals surface area (Å²) in [7, 11) is 1.81. The van der Waals surface area contributed by atoms with Crippen molar-refractivity contribution in [3.63, 3.8) is 0 Å². The number of nitrogens with zero attached hydrogens (tertiary/aromatic N) is 2. The number of hydrogen-bond acceptors (Lipinski definition) is 3. The highest BCUT2D eigenvalue weighted by Gasteiger charge is 2.20. The Balaban J connectivity index is 1.85. The third-order valence-electron chi connectivity index (χ3n) is 4.66. The molecule has 0 radical (unpaired) electrons. The van der Waals surface area contributed by atoms with Gasteiger partial charge in [0.2, 0.25) is 0 Å². The lowest BCUT2D eigenvalue weighted by Crippen LogP contribution is -2.48. The van der Waals surface area contributed by atoms with Crippen LogP contribution in [0.4, 0.5) is 0 Å². The van der Waals surface area contributed by atoms with Crippen LogP contribution in [0.5, 0.6) is 5.75 Å². The van der Waals surface area contributed by atoms with Crippen molar-refractivity contribution in [3.05, 3.63) is 42.5 Å². The van der Waals surface area contributed by atoms with E-state index in [1.54, 1.807) is 6.08 Å². The van der Waals surface area contributed by atoms with Gasteiger partial charge in [0.15, 0.2) is 5.96 Å². The van der Waals surface area contributed by atoms with Crippen LogP contribution in [0, 0.1) is 0 Å². The normalized spacial score (nSPS) is 18.6. The van der Waals surface area contributed by atoms with Gasteiger partial charge in [-0.1, -0.05) is 44.2 Å². The average Bonchev–Trinajstić information content (AvgIpc) is 2.67. The Hall–Kier alpha value is -2.01. The molecular weight excluding hydrogens is 312 g/mol. The molecule has 1 aromatic rings. The van der Waals surface area contributed by atoms with E-state index in [-0.39, 0.29) is 0 Å². The van der Waals surface area contributed by atoms with Gasteiger partial charge in [-0.05, 0) is 32.0 Å². The van der Waals surface area contributed by atoms with Crippen LogP contribution in [0.15, 0.2) is 41.9 Å². The number of aliphatic imine (C=N–C) groups is 1. The highest BCUT2D eigenvalue weighted by atomic mass is 16.5. The number of piperidine rings is 1. The van der Waals surface area contributed by atoms with Gasteiger partial charge >= 0.3 is 0 Å². The maximum Gasteiger partial charge on any atom is 0.191 e. The minimum Gasteiger partial charge on any atom is -0.489 e. The van der Waals surface area contributed by atoms with Gasteiger partial charge in [0.25, 0.3) is 0 Å². The zero-order valence-electron chi connectivity index (χ0n) is 15.6. The van der Waals surface area contributed by atoms with E-state index in [4.69, 9.17) is 4.74 Å². The second kappa shape index (κ2) is 10.8. The lowest BCUT2D eigenvalue weighted by molar-refractivity contribution is 0.157. The molecule has 0 bridgehead atoms. The van der Waals surface area contributed by atoms with Gasteiger partial charge in [-0.2, -0.15) is 0 Å². The van der Waals surface area contributed by atoms with Crippen molar-refractivity contribution in [2.45, 2.75) is 38.8 Å². The van der Waals surface area contributed by atoms with E-state index in [1.807, 2.05) is 25.2 Å². The fourth-order valence-electron chi connectivity index (χ4n) is 3.26. The summed E-state index contributed by atoms with van der Waals surface area (Å²) in [5, 5.41) is 6.87. The van der Waals surface area contributed by atoms with Crippen LogP contribution in [-0.2, 0) is 6.54 Å². The Morgan fingerprint density at radius 3 is 2.96 bits per heavy atom. The van der Waals surface area contributed by atoms with Crippen LogP contribution in [0.1, 0.15) is 31.7 Å². The van der Waals surface area contributed by atoms with Crippen molar-refractivity contribution in [2.75, 3.05) is 33.3 Å². The highest BCUT2D eigenvalue weighted by Crippen LogP contribution is 2.18. The number of rotatable bonds is 8. The minimum absolute atomic E-state index is 0.512. The number of likely N-dealkylation sites (N-methyl/N-ethyl adjacent to an activating group) is 1. The molecule has 1 atom stereocenters. The zero-order valence-corrected chi connectivity index (χ0v) is 15.6. The van der Waals surface area contributed by atoms with Crippen molar-refractivity contribution < 1.29 is 4.74 Å². The largest absolute Gasteiger partial charge is 0.489 e. The number of hydrogen-bond donors (Lipinski definition) is 2. The quantitative estimate of drug-likeness (QED) is 0.432. The van der Waals surface area contributed by atoms with E-state index in [2.05, 4.69) is 40.1 Å². The average molecular weight is 345 g/mol. The first-order chi connectivity index (χ1) is 12.3. The fourth-order valence-corrected chi connectivity index (χ4v) is 3.26. The van der Waals surface area contributed by atoms with Crippen LogP contribution in [0.2, 0.25) is 0 Å². The number of nitrogens with one attached hydrogen (secondary N) is 2. The lowest BCUT2D eigenvalue weighted by Gasteiger charge is -2.35. The molecule has 0 saturated carbocycles. The molecule has 0 spiro atoms. The van der Waals surface area contributed by atoms with Gasteiger partial charge in [-0.25, -0.2) is 0 Å². The first-order valence-electron chi connectivity index (χ1n) is 9.28. The number of benzene rings is 1. The standard InChI is InChI=1S/C20H32N4O/c1-4-14-25-19-12-7-6-10-17(19)15-22-20(21-3)23-16-18-11-8-9-13-24(18)5-2/h4,6-7,10,12,18H,1,5,8-9,11,13-16H2,2-3H3,(H2,21,22,23). The third kappa shape index (κ3) is 6.09. The monoisotopic (exact) mass is 344 g/mol. The molecule has 5 heteroatoms. The number of para-hydroxylation sites is 1. The molecule has 1 aliphatic rings. The number of guanidine groups is 1. The molecular formula is C20H32N4O. The summed E-state index contributed by atoms with van der Waals surface area (Å²) >= 11 is 0. The molecule has 0 amide bonds. The maximum atomic E-state index is 5.71. The minimum atomic E-state index is 0.512. The molecule has 0 aromatic heterocycles. The molecule has 5 nitrogen and oxygen atoms in total. The second-order valence-electron chi connectivity index (χ2n) is 6.29. The summed E-state index contributed by atoms with van der Waals surface area (Å²) in [6, 6.07) is 8.66. The summed E-state index contributed by atoms with van der Waals surface area (Å²) in [5.41, 5.74) is 1.11. The van der Waals surface area contributed by atoms with Crippen LogP contribution >= 0.6 is 0 Å². The van der Waals surface area contributed by atoms with E-state index in [0.29, 0.717) is 19.2 Å². The smallest absolute Gasteiger partial charge is 0.191 e. The van der Waals surface area contributed by atoms with E-state index in [0.717, 1.165) is 30.4 Å². The van der Waals surface area contributed by atoms with E-state index in [9.17, 15) is 0 Å². The Labute approximate surface area is 152 Å². The summed E-state index contributed by atoms with van der Waals surface area (Å²) in [6.45, 7) is 10.4. The van der Waals surface area contributed by atoms with Crippen molar-refractivity contribution >= 4 is 5.96 Å². The Kier molecular flexibility index (Phi) is 8.32.